The minimum Gasteiger partial charge on any atom is -0.463 e. The van der Waals surface area contributed by atoms with Gasteiger partial charge in [-0.1, -0.05) is 30.3 Å². The first-order valence-corrected chi connectivity index (χ1v) is 5.36. The first kappa shape index (κ1) is 10.9. The van der Waals surface area contributed by atoms with E-state index in [1.807, 2.05) is 30.3 Å². The van der Waals surface area contributed by atoms with Gasteiger partial charge in [-0.25, -0.2) is 4.79 Å². The smallest absolute Gasteiger partial charge is 0.330 e. The summed E-state index contributed by atoms with van der Waals surface area (Å²) in [7, 11) is 0. The van der Waals surface area contributed by atoms with E-state index in [2.05, 4.69) is 0 Å². The second-order valence-corrected chi connectivity index (χ2v) is 3.54. The highest BCUT2D eigenvalue weighted by Crippen LogP contribution is 2.39. The lowest BCUT2D eigenvalue weighted by atomic mass is 10.1. The Morgan fingerprint density at radius 2 is 2.19 bits per heavy atom. The first-order valence-electron chi connectivity index (χ1n) is 5.36. The molecule has 2 rings (SSSR count). The van der Waals surface area contributed by atoms with E-state index in [4.69, 9.17) is 9.47 Å². The number of ether oxygens (including phenoxy) is 2. The molecule has 1 fully saturated rings. The average molecular weight is 218 g/mol. The van der Waals surface area contributed by atoms with Crippen LogP contribution in [0.2, 0.25) is 0 Å². The molecular weight excluding hydrogens is 204 g/mol. The van der Waals surface area contributed by atoms with Crippen molar-refractivity contribution in [3.63, 3.8) is 0 Å². The van der Waals surface area contributed by atoms with E-state index in [1.165, 1.54) is 6.08 Å². The van der Waals surface area contributed by atoms with E-state index in [0.717, 1.165) is 5.56 Å². The Hall–Kier alpha value is -1.61. The molecule has 0 bridgehead atoms. The zero-order valence-corrected chi connectivity index (χ0v) is 9.13. The van der Waals surface area contributed by atoms with Gasteiger partial charge in [-0.05, 0) is 18.6 Å². The largest absolute Gasteiger partial charge is 0.463 e. The van der Waals surface area contributed by atoms with Gasteiger partial charge < -0.3 is 9.47 Å². The fourth-order valence-electron chi connectivity index (χ4n) is 1.54. The highest BCUT2D eigenvalue weighted by Gasteiger charge is 2.37. The topological polar surface area (TPSA) is 38.8 Å². The van der Waals surface area contributed by atoms with Crippen LogP contribution in [0.1, 0.15) is 18.6 Å². The van der Waals surface area contributed by atoms with Crippen LogP contribution in [0.15, 0.2) is 42.5 Å². The van der Waals surface area contributed by atoms with E-state index in [0.29, 0.717) is 6.61 Å². The number of epoxide rings is 1. The van der Waals surface area contributed by atoms with E-state index >= 15 is 0 Å². The molecule has 0 saturated carbocycles. The van der Waals surface area contributed by atoms with Gasteiger partial charge in [0.2, 0.25) is 0 Å². The summed E-state index contributed by atoms with van der Waals surface area (Å²) in [6.07, 6.45) is 3.27. The average Bonchev–Trinajstić information content (AvgIpc) is 3.07. The maximum Gasteiger partial charge on any atom is 0.330 e. The van der Waals surface area contributed by atoms with Crippen molar-refractivity contribution in [2.75, 3.05) is 6.61 Å². The third-order valence-electron chi connectivity index (χ3n) is 2.36. The predicted molar refractivity (Wildman–Crippen MR) is 59.8 cm³/mol. The number of rotatable bonds is 4. The van der Waals surface area contributed by atoms with Gasteiger partial charge in [0.1, 0.15) is 12.2 Å². The Bertz CT molecular complexity index is 383. The molecule has 0 N–H and O–H groups in total. The summed E-state index contributed by atoms with van der Waals surface area (Å²) in [4.78, 5) is 11.1. The van der Waals surface area contributed by atoms with Crippen molar-refractivity contribution in [2.24, 2.45) is 0 Å². The molecule has 3 heteroatoms. The van der Waals surface area contributed by atoms with Crippen LogP contribution in [-0.2, 0) is 14.3 Å². The second-order valence-electron chi connectivity index (χ2n) is 3.54. The minimum atomic E-state index is -0.315. The Morgan fingerprint density at radius 1 is 1.44 bits per heavy atom. The van der Waals surface area contributed by atoms with E-state index in [-0.39, 0.29) is 18.2 Å². The van der Waals surface area contributed by atoms with Gasteiger partial charge in [-0.15, -0.1) is 0 Å². The van der Waals surface area contributed by atoms with Gasteiger partial charge in [-0.3, -0.25) is 0 Å². The second kappa shape index (κ2) is 4.94. The van der Waals surface area contributed by atoms with Crippen molar-refractivity contribution < 1.29 is 14.3 Å². The zero-order chi connectivity index (χ0) is 11.4. The number of carbonyl (C=O) groups is 1. The monoisotopic (exact) mass is 218 g/mol. The van der Waals surface area contributed by atoms with Crippen molar-refractivity contribution in [1.29, 1.82) is 0 Å². The van der Waals surface area contributed by atoms with Gasteiger partial charge in [-0.2, -0.15) is 0 Å². The van der Waals surface area contributed by atoms with Crippen LogP contribution >= 0.6 is 0 Å². The number of esters is 1. The van der Waals surface area contributed by atoms with Crippen molar-refractivity contribution in [3.05, 3.63) is 48.0 Å². The SMILES string of the molecule is CCOC(=O)/C=C/[C@H]1O[C@H]1c1ccccc1. The van der Waals surface area contributed by atoms with Crippen molar-refractivity contribution in [3.8, 4) is 0 Å². The van der Waals surface area contributed by atoms with Crippen LogP contribution in [0, 0.1) is 0 Å². The third-order valence-corrected chi connectivity index (χ3v) is 2.36. The summed E-state index contributed by atoms with van der Waals surface area (Å²) >= 11 is 0. The number of carbonyl (C=O) groups excluding carboxylic acids is 1. The molecule has 2 atom stereocenters. The van der Waals surface area contributed by atoms with E-state index in [9.17, 15) is 4.79 Å². The third kappa shape index (κ3) is 2.70. The molecule has 84 valence electrons. The lowest BCUT2D eigenvalue weighted by Gasteiger charge is -1.93. The van der Waals surface area contributed by atoms with E-state index < -0.39 is 0 Å². The molecule has 0 radical (unpaired) electrons. The molecule has 0 aliphatic carbocycles. The number of hydrogen-bond donors (Lipinski definition) is 0. The number of benzene rings is 1. The summed E-state index contributed by atoms with van der Waals surface area (Å²) < 4.78 is 10.2. The molecule has 1 saturated heterocycles. The molecule has 1 aromatic rings. The normalized spacial score (nSPS) is 23.3. The Kier molecular flexibility index (Phi) is 3.37. The molecule has 0 aromatic heterocycles. The highest BCUT2D eigenvalue weighted by atomic mass is 16.6. The summed E-state index contributed by atoms with van der Waals surface area (Å²) in [5.41, 5.74) is 1.14. The van der Waals surface area contributed by atoms with Crippen LogP contribution in [0.4, 0.5) is 0 Å². The molecule has 1 heterocycles. The predicted octanol–water partition coefficient (Wildman–Crippen LogP) is 2.25. The number of hydrogen-bond acceptors (Lipinski definition) is 3. The Morgan fingerprint density at radius 3 is 2.88 bits per heavy atom. The van der Waals surface area contributed by atoms with Crippen LogP contribution in [0.3, 0.4) is 0 Å². The van der Waals surface area contributed by atoms with Gasteiger partial charge in [0.15, 0.2) is 0 Å². The van der Waals surface area contributed by atoms with Crippen LogP contribution in [-0.4, -0.2) is 18.7 Å². The zero-order valence-electron chi connectivity index (χ0n) is 9.13. The molecule has 16 heavy (non-hydrogen) atoms. The molecular formula is C13H14O3. The lowest BCUT2D eigenvalue weighted by molar-refractivity contribution is -0.137. The molecule has 1 aromatic carbocycles. The standard InChI is InChI=1S/C13H14O3/c1-2-15-12(14)9-8-11-13(16-11)10-6-4-3-5-7-10/h3-9,11,13H,2H2,1H3/b9-8+/t11-,13+/m1/s1. The maximum absolute atomic E-state index is 11.1. The molecule has 0 spiro atoms. The van der Waals surface area contributed by atoms with Gasteiger partial charge in [0.05, 0.1) is 6.61 Å². The van der Waals surface area contributed by atoms with Crippen molar-refractivity contribution in [1.82, 2.24) is 0 Å². The molecule has 3 nitrogen and oxygen atoms in total. The Labute approximate surface area is 94.7 Å². The fourth-order valence-corrected chi connectivity index (χ4v) is 1.54. The minimum absolute atomic E-state index is 0.00630. The highest BCUT2D eigenvalue weighted by molar-refractivity contribution is 5.82. The maximum atomic E-state index is 11.1. The van der Waals surface area contributed by atoms with Gasteiger partial charge >= 0.3 is 5.97 Å². The first-order chi connectivity index (χ1) is 7.81. The van der Waals surface area contributed by atoms with Crippen molar-refractivity contribution in [2.45, 2.75) is 19.1 Å². The van der Waals surface area contributed by atoms with Crippen molar-refractivity contribution >= 4 is 5.97 Å². The lowest BCUT2D eigenvalue weighted by Crippen LogP contribution is -1.99. The van der Waals surface area contributed by atoms with Crippen LogP contribution < -0.4 is 0 Å². The van der Waals surface area contributed by atoms with Crippen LogP contribution in [0.25, 0.3) is 0 Å². The van der Waals surface area contributed by atoms with Gasteiger partial charge in [0, 0.05) is 6.08 Å². The summed E-state index contributed by atoms with van der Waals surface area (Å²) in [5, 5.41) is 0. The summed E-state index contributed by atoms with van der Waals surface area (Å²) in [5.74, 6) is -0.315. The summed E-state index contributed by atoms with van der Waals surface area (Å²) in [6, 6.07) is 9.95. The molecule has 0 unspecified atom stereocenters. The molecule has 0 amide bonds. The molecule has 1 aliphatic heterocycles. The Balaban J connectivity index is 1.86. The van der Waals surface area contributed by atoms with E-state index in [1.54, 1.807) is 13.0 Å². The molecule has 1 aliphatic rings. The quantitative estimate of drug-likeness (QED) is 0.442. The van der Waals surface area contributed by atoms with Gasteiger partial charge in [0.25, 0.3) is 0 Å². The fraction of sp³-hybridized carbons (Fsp3) is 0.308. The summed E-state index contributed by atoms with van der Waals surface area (Å²) in [6.45, 7) is 2.18. The van der Waals surface area contributed by atoms with Crippen LogP contribution in [0.5, 0.6) is 0 Å².